The molecule has 8 nitrogen and oxygen atoms in total. The molecule has 4 aliphatic heterocycles. The maximum absolute atomic E-state index is 13.9. The third-order valence-corrected chi connectivity index (χ3v) is 10.3. The average Bonchev–Trinajstić information content (AvgIpc) is 3.07. The lowest BCUT2D eigenvalue weighted by Crippen LogP contribution is -2.52. The topological polar surface area (TPSA) is 76.2 Å². The van der Waals surface area contributed by atoms with Crippen LogP contribution in [0.3, 0.4) is 0 Å². The van der Waals surface area contributed by atoms with Gasteiger partial charge in [-0.15, -0.1) is 0 Å². The monoisotopic (exact) mass is 639 g/mol. The number of fused-ring (bicyclic) bond motifs is 1. The first-order valence-electron chi connectivity index (χ1n) is 16.8. The Bertz CT molecular complexity index is 1400. The molecule has 4 amide bonds. The lowest BCUT2D eigenvalue weighted by atomic mass is 9.91. The third kappa shape index (κ3) is 7.51. The smallest absolute Gasteiger partial charge is 0.343 e. The summed E-state index contributed by atoms with van der Waals surface area (Å²) in [4.78, 5) is 48.4. The highest BCUT2D eigenvalue weighted by Gasteiger charge is 2.36. The van der Waals surface area contributed by atoms with Crippen LogP contribution in [0.15, 0.2) is 48.5 Å². The summed E-state index contributed by atoms with van der Waals surface area (Å²) >= 11 is 0. The number of benzene rings is 2. The Morgan fingerprint density at radius 3 is 2.22 bits per heavy atom. The van der Waals surface area contributed by atoms with Crippen molar-refractivity contribution in [2.45, 2.75) is 82.6 Å². The van der Waals surface area contributed by atoms with Crippen LogP contribution >= 0.6 is 0 Å². The molecule has 0 bridgehead atoms. The van der Waals surface area contributed by atoms with Crippen LogP contribution in [0.5, 0.6) is 0 Å². The summed E-state index contributed by atoms with van der Waals surface area (Å²) in [6.07, 6.45) is 2.20. The number of piperidine rings is 3. The van der Waals surface area contributed by atoms with Gasteiger partial charge in [0.25, 0.3) is 0 Å². The van der Waals surface area contributed by atoms with Gasteiger partial charge in [0, 0.05) is 56.9 Å². The van der Waals surface area contributed by atoms with E-state index in [-0.39, 0.29) is 36.7 Å². The van der Waals surface area contributed by atoms with Crippen molar-refractivity contribution in [3.8, 4) is 0 Å². The van der Waals surface area contributed by atoms with E-state index >= 15 is 0 Å². The lowest BCUT2D eigenvalue weighted by molar-refractivity contribution is -0.143. The maximum atomic E-state index is 13.9. The van der Waals surface area contributed by atoms with Crippen molar-refractivity contribution in [2.24, 2.45) is 5.92 Å². The first-order chi connectivity index (χ1) is 22.2. The number of carbonyl (C=O) groups is 3. The summed E-state index contributed by atoms with van der Waals surface area (Å²) in [5.41, 5.74) is 1.52. The van der Waals surface area contributed by atoms with E-state index in [1.807, 2.05) is 34.1 Å². The van der Waals surface area contributed by atoms with Gasteiger partial charge in [-0.05, 0) is 81.3 Å². The molecule has 2 aromatic carbocycles. The van der Waals surface area contributed by atoms with Gasteiger partial charge in [0.05, 0.1) is 11.5 Å². The molecule has 0 unspecified atom stereocenters. The number of alkyl halides is 3. The fraction of sp³-hybridized carbons (Fsp3) is 0.571. The van der Waals surface area contributed by atoms with E-state index < -0.39 is 17.7 Å². The first kappa shape index (κ1) is 32.3. The van der Waals surface area contributed by atoms with E-state index in [2.05, 4.69) is 10.2 Å². The second-order valence-corrected chi connectivity index (χ2v) is 13.3. The van der Waals surface area contributed by atoms with Gasteiger partial charge in [0.2, 0.25) is 11.8 Å². The molecular formula is C35H44F3N5O3. The quantitative estimate of drug-likeness (QED) is 0.418. The number of rotatable bonds is 7. The number of carbonyl (C=O) groups excluding carboxylic acids is 3. The second kappa shape index (κ2) is 14.0. The minimum Gasteiger partial charge on any atom is -0.343 e. The average molecular weight is 640 g/mol. The Morgan fingerprint density at radius 1 is 0.826 bits per heavy atom. The van der Waals surface area contributed by atoms with Crippen LogP contribution in [0.25, 0.3) is 0 Å². The number of amides is 4. The Hall–Kier alpha value is -3.60. The number of hydrogen-bond donors (Lipinski definition) is 1. The van der Waals surface area contributed by atoms with E-state index in [0.29, 0.717) is 57.2 Å². The Labute approximate surface area is 268 Å². The van der Waals surface area contributed by atoms with Gasteiger partial charge in [-0.1, -0.05) is 42.8 Å². The molecule has 3 saturated heterocycles. The van der Waals surface area contributed by atoms with Crippen LogP contribution < -0.4 is 5.32 Å². The van der Waals surface area contributed by atoms with Crippen molar-refractivity contribution in [3.05, 3.63) is 65.2 Å². The SMILES string of the molecule is O=C(C[C@@H](Cc1cccc(C(F)(F)F)c1)C(=O)N1CCC(N2CCCCC2)CC1)N1CCC(N2Cc3ccccc3NC2=O)CC1. The molecule has 0 spiro atoms. The Morgan fingerprint density at radius 2 is 1.50 bits per heavy atom. The van der Waals surface area contributed by atoms with E-state index in [1.165, 1.54) is 25.3 Å². The summed E-state index contributed by atoms with van der Waals surface area (Å²) in [7, 11) is 0. The van der Waals surface area contributed by atoms with Crippen molar-refractivity contribution in [1.82, 2.24) is 19.6 Å². The number of nitrogens with one attached hydrogen (secondary N) is 1. The van der Waals surface area contributed by atoms with E-state index in [1.54, 1.807) is 11.0 Å². The fourth-order valence-electron chi connectivity index (χ4n) is 7.68. The molecule has 0 radical (unpaired) electrons. The molecule has 6 rings (SSSR count). The van der Waals surface area contributed by atoms with E-state index in [0.717, 1.165) is 49.3 Å². The standard InChI is InChI=1S/C35H44F3N5O3/c36-35(37,38)28-9-6-7-25(22-28)21-27(33(45)42-19-11-29(12-20-42)40-15-4-1-5-16-40)23-32(44)41-17-13-30(14-18-41)43-24-26-8-2-3-10-31(26)39-34(43)46/h2-3,6-10,22,27,29-30H,1,4-5,11-21,23-24H2,(H,39,46)/t27-/m1/s1. The number of para-hydroxylation sites is 1. The highest BCUT2D eigenvalue weighted by Crippen LogP contribution is 2.32. The minimum absolute atomic E-state index is 0.0128. The number of hydrogen-bond acceptors (Lipinski definition) is 4. The van der Waals surface area contributed by atoms with Gasteiger partial charge in [-0.2, -0.15) is 13.2 Å². The zero-order valence-electron chi connectivity index (χ0n) is 26.3. The lowest BCUT2D eigenvalue weighted by Gasteiger charge is -2.41. The molecule has 2 aromatic rings. The highest BCUT2D eigenvalue weighted by atomic mass is 19.4. The van der Waals surface area contributed by atoms with Crippen molar-refractivity contribution in [1.29, 1.82) is 0 Å². The largest absolute Gasteiger partial charge is 0.416 e. The molecule has 1 N–H and O–H groups in total. The number of urea groups is 1. The zero-order chi connectivity index (χ0) is 32.3. The maximum Gasteiger partial charge on any atom is 0.416 e. The third-order valence-electron chi connectivity index (χ3n) is 10.3. The fourth-order valence-corrected chi connectivity index (χ4v) is 7.68. The van der Waals surface area contributed by atoms with Gasteiger partial charge >= 0.3 is 12.2 Å². The van der Waals surface area contributed by atoms with Crippen molar-refractivity contribution in [2.75, 3.05) is 44.6 Å². The summed E-state index contributed by atoms with van der Waals surface area (Å²) in [5.74, 6) is -1.06. The van der Waals surface area contributed by atoms with E-state index in [4.69, 9.17) is 0 Å². The van der Waals surface area contributed by atoms with Crippen molar-refractivity contribution in [3.63, 3.8) is 0 Å². The molecule has 4 aliphatic rings. The molecule has 46 heavy (non-hydrogen) atoms. The van der Waals surface area contributed by atoms with Crippen LogP contribution in [0.1, 0.15) is 68.1 Å². The summed E-state index contributed by atoms with van der Waals surface area (Å²) < 4.78 is 40.5. The predicted molar refractivity (Wildman–Crippen MR) is 169 cm³/mol. The van der Waals surface area contributed by atoms with Crippen molar-refractivity contribution < 1.29 is 27.6 Å². The van der Waals surface area contributed by atoms with E-state index in [9.17, 15) is 27.6 Å². The summed E-state index contributed by atoms with van der Waals surface area (Å²) in [6.45, 7) is 4.82. The van der Waals surface area contributed by atoms with Gasteiger partial charge in [0.1, 0.15) is 0 Å². The van der Waals surface area contributed by atoms with Gasteiger partial charge in [-0.25, -0.2) is 4.79 Å². The van der Waals surface area contributed by atoms with Crippen LogP contribution in [-0.4, -0.2) is 88.8 Å². The molecule has 248 valence electrons. The Balaban J connectivity index is 1.10. The predicted octanol–water partition coefficient (Wildman–Crippen LogP) is 5.77. The molecule has 0 saturated carbocycles. The van der Waals surface area contributed by atoms with Crippen LogP contribution in [0.4, 0.5) is 23.7 Å². The summed E-state index contributed by atoms with van der Waals surface area (Å²) in [5, 5.41) is 2.96. The molecule has 1 atom stereocenters. The molecule has 0 aliphatic carbocycles. The molecule has 4 heterocycles. The molecule has 3 fully saturated rings. The van der Waals surface area contributed by atoms with Crippen LogP contribution in [0, 0.1) is 5.92 Å². The second-order valence-electron chi connectivity index (χ2n) is 13.3. The van der Waals surface area contributed by atoms with Crippen LogP contribution in [0.2, 0.25) is 0 Å². The number of nitrogens with zero attached hydrogens (tertiary/aromatic N) is 4. The highest BCUT2D eigenvalue weighted by molar-refractivity contribution is 5.92. The molecular weight excluding hydrogens is 595 g/mol. The molecule has 0 aromatic heterocycles. The van der Waals surface area contributed by atoms with Crippen LogP contribution in [-0.2, 0) is 28.7 Å². The van der Waals surface area contributed by atoms with Gasteiger partial charge in [-0.3, -0.25) is 9.59 Å². The van der Waals surface area contributed by atoms with Gasteiger partial charge in [0.15, 0.2) is 0 Å². The minimum atomic E-state index is -4.49. The Kier molecular flexibility index (Phi) is 9.86. The molecule has 11 heteroatoms. The van der Waals surface area contributed by atoms with Gasteiger partial charge < -0.3 is 24.9 Å². The normalized spacial score (nSPS) is 21.1. The number of anilines is 1. The van der Waals surface area contributed by atoms with Crippen molar-refractivity contribution >= 4 is 23.5 Å². The number of likely N-dealkylation sites (tertiary alicyclic amines) is 3. The zero-order valence-corrected chi connectivity index (χ0v) is 26.3. The summed E-state index contributed by atoms with van der Waals surface area (Å²) in [6, 6.07) is 13.1. The number of halogens is 3. The first-order valence-corrected chi connectivity index (χ1v) is 16.8.